The molecule has 1 unspecified atom stereocenters. The van der Waals surface area contributed by atoms with E-state index in [1.807, 2.05) is 32.0 Å². The van der Waals surface area contributed by atoms with Gasteiger partial charge >= 0.3 is 0 Å². The summed E-state index contributed by atoms with van der Waals surface area (Å²) in [5.41, 5.74) is 2.70. The van der Waals surface area contributed by atoms with Crippen molar-refractivity contribution in [2.24, 2.45) is 0 Å². The van der Waals surface area contributed by atoms with E-state index >= 15 is 0 Å². The summed E-state index contributed by atoms with van der Waals surface area (Å²) in [7, 11) is -3.35. The molecular formula is C14H21NO3S. The van der Waals surface area contributed by atoms with Crippen LogP contribution in [0.25, 0.3) is 0 Å². The highest BCUT2D eigenvalue weighted by Crippen LogP contribution is 2.23. The monoisotopic (exact) mass is 283 g/mol. The van der Waals surface area contributed by atoms with Crippen molar-refractivity contribution in [2.45, 2.75) is 39.2 Å². The van der Waals surface area contributed by atoms with Crippen LogP contribution in [0.5, 0.6) is 0 Å². The molecule has 1 atom stereocenters. The molecule has 0 amide bonds. The first-order valence-corrected chi connectivity index (χ1v) is 8.37. The zero-order valence-corrected chi connectivity index (χ0v) is 12.3. The first kappa shape index (κ1) is 14.3. The van der Waals surface area contributed by atoms with Crippen molar-refractivity contribution in [3.63, 3.8) is 0 Å². The van der Waals surface area contributed by atoms with Gasteiger partial charge in [0.2, 0.25) is 10.0 Å². The number of hydrogen-bond acceptors (Lipinski definition) is 3. The summed E-state index contributed by atoms with van der Waals surface area (Å²) in [5, 5.41) is 0. The van der Waals surface area contributed by atoms with Crippen LogP contribution in [-0.4, -0.2) is 26.9 Å². The fraction of sp³-hybridized carbons (Fsp3) is 0.571. The third-order valence-electron chi connectivity index (χ3n) is 3.43. The largest absolute Gasteiger partial charge is 0.377 e. The Kier molecular flexibility index (Phi) is 4.47. The molecular weight excluding hydrogens is 262 g/mol. The minimum absolute atomic E-state index is 0.0461. The second-order valence-electron chi connectivity index (χ2n) is 4.98. The van der Waals surface area contributed by atoms with E-state index in [4.69, 9.17) is 4.74 Å². The highest BCUT2D eigenvalue weighted by atomic mass is 32.2. The molecule has 1 heterocycles. The van der Waals surface area contributed by atoms with Gasteiger partial charge in [0.1, 0.15) is 0 Å². The summed E-state index contributed by atoms with van der Waals surface area (Å²) in [4.78, 5) is 0. The van der Waals surface area contributed by atoms with Crippen LogP contribution in [0.2, 0.25) is 0 Å². The van der Waals surface area contributed by atoms with Crippen molar-refractivity contribution in [3.8, 4) is 0 Å². The van der Waals surface area contributed by atoms with Crippen LogP contribution in [0.1, 0.15) is 30.9 Å². The lowest BCUT2D eigenvalue weighted by Gasteiger charge is -2.16. The Bertz CT molecular complexity index is 534. The predicted octanol–water partition coefficient (Wildman–Crippen LogP) is 2.48. The zero-order valence-electron chi connectivity index (χ0n) is 11.5. The molecule has 1 fully saturated rings. The molecule has 0 bridgehead atoms. The summed E-state index contributed by atoms with van der Waals surface area (Å²) >= 11 is 0. The van der Waals surface area contributed by atoms with Crippen molar-refractivity contribution in [3.05, 3.63) is 29.3 Å². The molecule has 4 nitrogen and oxygen atoms in total. The van der Waals surface area contributed by atoms with Crippen LogP contribution in [0.4, 0.5) is 5.69 Å². The summed E-state index contributed by atoms with van der Waals surface area (Å²) in [6, 6.07) is 5.83. The van der Waals surface area contributed by atoms with Crippen molar-refractivity contribution in [1.82, 2.24) is 0 Å². The molecule has 0 aliphatic carbocycles. The summed E-state index contributed by atoms with van der Waals surface area (Å²) in [6.45, 7) is 4.61. The van der Waals surface area contributed by atoms with Crippen molar-refractivity contribution < 1.29 is 13.2 Å². The van der Waals surface area contributed by atoms with Crippen molar-refractivity contribution >= 4 is 15.7 Å². The zero-order chi connectivity index (χ0) is 13.9. The topological polar surface area (TPSA) is 55.4 Å². The van der Waals surface area contributed by atoms with Crippen LogP contribution in [0.3, 0.4) is 0 Å². The Morgan fingerprint density at radius 1 is 1.42 bits per heavy atom. The third-order valence-corrected chi connectivity index (χ3v) is 4.75. The van der Waals surface area contributed by atoms with Crippen LogP contribution in [-0.2, 0) is 21.2 Å². The molecule has 1 aliphatic heterocycles. The predicted molar refractivity (Wildman–Crippen MR) is 76.9 cm³/mol. The molecule has 0 saturated carbocycles. The fourth-order valence-corrected chi connectivity index (χ4v) is 3.83. The molecule has 2 rings (SSSR count). The number of aryl methyl sites for hydroxylation is 2. The number of rotatable bonds is 5. The molecule has 5 heteroatoms. The van der Waals surface area contributed by atoms with E-state index in [0.29, 0.717) is 6.61 Å². The van der Waals surface area contributed by atoms with E-state index in [1.54, 1.807) is 0 Å². The van der Waals surface area contributed by atoms with E-state index in [0.717, 1.165) is 36.1 Å². The SMILES string of the molecule is CCc1cccc(C)c1NS(=O)(=O)CC1CCCO1. The van der Waals surface area contributed by atoms with Gasteiger partial charge in [-0.2, -0.15) is 0 Å². The Morgan fingerprint density at radius 3 is 2.84 bits per heavy atom. The maximum Gasteiger partial charge on any atom is 0.235 e. The van der Waals surface area contributed by atoms with E-state index in [-0.39, 0.29) is 11.9 Å². The van der Waals surface area contributed by atoms with Gasteiger partial charge in [0.05, 0.1) is 17.5 Å². The summed E-state index contributed by atoms with van der Waals surface area (Å²) in [6.07, 6.45) is 2.42. The van der Waals surface area contributed by atoms with Crippen molar-refractivity contribution in [2.75, 3.05) is 17.1 Å². The second kappa shape index (κ2) is 5.92. The standard InChI is InChI=1S/C14H21NO3S/c1-3-12-7-4-6-11(2)14(12)15-19(16,17)10-13-8-5-9-18-13/h4,6-7,13,15H,3,5,8-10H2,1-2H3. The first-order chi connectivity index (χ1) is 9.02. The number of nitrogens with one attached hydrogen (secondary N) is 1. The summed E-state index contributed by atoms with van der Waals surface area (Å²) < 4.78 is 32.5. The smallest absolute Gasteiger partial charge is 0.235 e. The van der Waals surface area contributed by atoms with Gasteiger partial charge in [-0.05, 0) is 37.3 Å². The Balaban J connectivity index is 2.15. The molecule has 1 N–H and O–H groups in total. The van der Waals surface area contributed by atoms with Crippen LogP contribution in [0.15, 0.2) is 18.2 Å². The number of hydrogen-bond donors (Lipinski definition) is 1. The molecule has 0 radical (unpaired) electrons. The van der Waals surface area contributed by atoms with Gasteiger partial charge < -0.3 is 4.74 Å². The highest BCUT2D eigenvalue weighted by Gasteiger charge is 2.24. The maximum absolute atomic E-state index is 12.2. The van der Waals surface area contributed by atoms with Crippen LogP contribution in [0, 0.1) is 6.92 Å². The molecule has 1 aliphatic rings. The lowest BCUT2D eigenvalue weighted by molar-refractivity contribution is 0.127. The molecule has 0 aromatic heterocycles. The fourth-order valence-electron chi connectivity index (χ4n) is 2.39. The average Bonchev–Trinajstić information content (AvgIpc) is 2.83. The van der Waals surface area contributed by atoms with Gasteiger partial charge in [-0.25, -0.2) is 8.42 Å². The quantitative estimate of drug-likeness (QED) is 0.903. The minimum Gasteiger partial charge on any atom is -0.377 e. The van der Waals surface area contributed by atoms with Gasteiger partial charge in [-0.15, -0.1) is 0 Å². The third kappa shape index (κ3) is 3.70. The first-order valence-electron chi connectivity index (χ1n) is 6.72. The van der Waals surface area contributed by atoms with Gasteiger partial charge in [0, 0.05) is 6.61 Å². The molecule has 1 aromatic carbocycles. The molecule has 1 saturated heterocycles. The Labute approximate surface area is 115 Å². The maximum atomic E-state index is 12.2. The van der Waals surface area contributed by atoms with Gasteiger partial charge in [-0.1, -0.05) is 25.1 Å². The number of benzene rings is 1. The molecule has 0 spiro atoms. The number of anilines is 1. The highest BCUT2D eigenvalue weighted by molar-refractivity contribution is 7.92. The number of ether oxygens (including phenoxy) is 1. The Hall–Kier alpha value is -1.07. The lowest BCUT2D eigenvalue weighted by atomic mass is 10.1. The normalized spacial score (nSPS) is 19.6. The lowest BCUT2D eigenvalue weighted by Crippen LogP contribution is -2.26. The summed E-state index contributed by atoms with van der Waals surface area (Å²) in [5.74, 6) is 0.0461. The van der Waals surface area contributed by atoms with Crippen LogP contribution >= 0.6 is 0 Å². The van der Waals surface area contributed by atoms with E-state index < -0.39 is 10.0 Å². The minimum atomic E-state index is -3.35. The molecule has 19 heavy (non-hydrogen) atoms. The van der Waals surface area contributed by atoms with Crippen LogP contribution < -0.4 is 4.72 Å². The van der Waals surface area contributed by atoms with E-state index in [2.05, 4.69) is 4.72 Å². The van der Waals surface area contributed by atoms with E-state index in [1.165, 1.54) is 0 Å². The van der Waals surface area contributed by atoms with E-state index in [9.17, 15) is 8.42 Å². The van der Waals surface area contributed by atoms with Crippen molar-refractivity contribution in [1.29, 1.82) is 0 Å². The average molecular weight is 283 g/mol. The Morgan fingerprint density at radius 2 is 2.21 bits per heavy atom. The molecule has 1 aromatic rings. The number of para-hydroxylation sites is 1. The number of sulfonamides is 1. The molecule has 106 valence electrons. The van der Waals surface area contributed by atoms with Gasteiger partial charge in [-0.3, -0.25) is 4.72 Å². The van der Waals surface area contributed by atoms with Gasteiger partial charge in [0.15, 0.2) is 0 Å². The van der Waals surface area contributed by atoms with Gasteiger partial charge in [0.25, 0.3) is 0 Å². The second-order valence-corrected chi connectivity index (χ2v) is 6.75.